The predicted octanol–water partition coefficient (Wildman–Crippen LogP) is 2.81. The van der Waals surface area contributed by atoms with Crippen molar-refractivity contribution in [1.29, 1.82) is 0 Å². The number of hydrogen-bond donors (Lipinski definition) is 1. The number of aryl methyl sites for hydroxylation is 2. The highest BCUT2D eigenvalue weighted by Crippen LogP contribution is 2.36. The maximum absolute atomic E-state index is 5.64. The van der Waals surface area contributed by atoms with E-state index in [-0.39, 0.29) is 0 Å². The van der Waals surface area contributed by atoms with Crippen molar-refractivity contribution < 1.29 is 4.74 Å². The van der Waals surface area contributed by atoms with Crippen molar-refractivity contribution in [3.8, 4) is 5.75 Å². The minimum absolute atomic E-state index is 0.774. The van der Waals surface area contributed by atoms with Crippen LogP contribution in [-0.2, 0) is 0 Å². The molecule has 0 heterocycles. The number of rotatable bonds is 6. The number of ether oxygens (including phenoxy) is 1. The molecule has 0 aromatic heterocycles. The van der Waals surface area contributed by atoms with Crippen LogP contribution in [0.1, 0.15) is 29.5 Å². The number of anilines is 1. The van der Waals surface area contributed by atoms with Gasteiger partial charge >= 0.3 is 0 Å². The first kappa shape index (κ1) is 14.2. The molecule has 0 amide bonds. The molecule has 0 spiro atoms. The van der Waals surface area contributed by atoms with E-state index in [1.165, 1.54) is 35.2 Å². The van der Waals surface area contributed by atoms with Gasteiger partial charge in [0.05, 0.1) is 12.8 Å². The van der Waals surface area contributed by atoms with E-state index in [1.807, 2.05) is 0 Å². The van der Waals surface area contributed by atoms with Crippen molar-refractivity contribution in [2.45, 2.75) is 39.7 Å². The molecule has 3 nitrogen and oxygen atoms in total. The monoisotopic (exact) mass is 262 g/mol. The summed E-state index contributed by atoms with van der Waals surface area (Å²) in [6, 6.07) is 3.02. The average molecular weight is 262 g/mol. The smallest absolute Gasteiger partial charge is 0.145 e. The lowest BCUT2D eigenvalue weighted by atomic mass is 10.0. The highest BCUT2D eigenvalue weighted by molar-refractivity contribution is 5.67. The van der Waals surface area contributed by atoms with Crippen LogP contribution in [0.5, 0.6) is 5.75 Å². The summed E-state index contributed by atoms with van der Waals surface area (Å²) in [5.41, 5.74) is 5.05. The molecule has 1 saturated carbocycles. The lowest BCUT2D eigenvalue weighted by Crippen LogP contribution is -2.31. The van der Waals surface area contributed by atoms with Crippen LogP contribution < -0.4 is 15.0 Å². The normalized spacial score (nSPS) is 14.6. The van der Waals surface area contributed by atoms with Gasteiger partial charge in [-0.15, -0.1) is 0 Å². The van der Waals surface area contributed by atoms with Crippen molar-refractivity contribution in [3.63, 3.8) is 0 Å². The molecule has 1 aromatic rings. The van der Waals surface area contributed by atoms with Crippen LogP contribution in [0.3, 0.4) is 0 Å². The van der Waals surface area contributed by atoms with E-state index in [9.17, 15) is 0 Å². The molecule has 0 bridgehead atoms. The van der Waals surface area contributed by atoms with E-state index in [0.29, 0.717) is 0 Å². The van der Waals surface area contributed by atoms with Crippen molar-refractivity contribution in [1.82, 2.24) is 5.32 Å². The average Bonchev–Trinajstić information content (AvgIpc) is 3.17. The summed E-state index contributed by atoms with van der Waals surface area (Å²) in [4.78, 5) is 2.30. The largest absolute Gasteiger partial charge is 0.494 e. The van der Waals surface area contributed by atoms with Gasteiger partial charge in [0.15, 0.2) is 0 Å². The highest BCUT2D eigenvalue weighted by atomic mass is 16.5. The molecule has 1 N–H and O–H groups in total. The van der Waals surface area contributed by atoms with Gasteiger partial charge < -0.3 is 15.0 Å². The third-order valence-electron chi connectivity index (χ3n) is 4.00. The Morgan fingerprint density at radius 2 is 1.95 bits per heavy atom. The summed E-state index contributed by atoms with van der Waals surface area (Å²) < 4.78 is 5.64. The second-order valence-corrected chi connectivity index (χ2v) is 5.67. The number of hydrogen-bond acceptors (Lipinski definition) is 3. The first-order chi connectivity index (χ1) is 9.04. The van der Waals surface area contributed by atoms with Crippen LogP contribution in [0.2, 0.25) is 0 Å². The molecular weight excluding hydrogens is 236 g/mol. The van der Waals surface area contributed by atoms with Crippen molar-refractivity contribution in [2.24, 2.45) is 0 Å². The first-order valence-electron chi connectivity index (χ1n) is 7.14. The second-order valence-electron chi connectivity index (χ2n) is 5.67. The predicted molar refractivity (Wildman–Crippen MR) is 81.5 cm³/mol. The molecule has 19 heavy (non-hydrogen) atoms. The minimum atomic E-state index is 0.774. The van der Waals surface area contributed by atoms with Crippen LogP contribution in [0.25, 0.3) is 0 Å². The van der Waals surface area contributed by atoms with Gasteiger partial charge in [-0.3, -0.25) is 0 Å². The molecule has 1 aliphatic carbocycles. The Kier molecular flexibility index (Phi) is 4.35. The fourth-order valence-corrected chi connectivity index (χ4v) is 2.60. The standard InChI is InChI=1S/C16H26N2O/c1-11-10-12(2)15(16(19-5)13(11)3)18(4)9-8-17-14-6-7-14/h10,14,17H,6-9H2,1-5H3. The molecule has 0 saturated heterocycles. The second kappa shape index (κ2) is 5.83. The van der Waals surface area contributed by atoms with Gasteiger partial charge in [0.25, 0.3) is 0 Å². The van der Waals surface area contributed by atoms with Gasteiger partial charge in [0.2, 0.25) is 0 Å². The molecule has 3 heteroatoms. The summed E-state index contributed by atoms with van der Waals surface area (Å²) >= 11 is 0. The van der Waals surface area contributed by atoms with Gasteiger partial charge in [-0.05, 0) is 50.3 Å². The maximum atomic E-state index is 5.64. The Balaban J connectivity index is 2.14. The zero-order valence-electron chi connectivity index (χ0n) is 12.8. The number of methoxy groups -OCH3 is 1. The zero-order valence-corrected chi connectivity index (χ0v) is 12.8. The van der Waals surface area contributed by atoms with Gasteiger partial charge in [0, 0.05) is 26.2 Å². The molecule has 0 atom stereocenters. The minimum Gasteiger partial charge on any atom is -0.494 e. The van der Waals surface area contributed by atoms with Crippen LogP contribution >= 0.6 is 0 Å². The summed E-state index contributed by atoms with van der Waals surface area (Å²) in [5, 5.41) is 3.56. The van der Waals surface area contributed by atoms with Gasteiger partial charge in [-0.25, -0.2) is 0 Å². The van der Waals surface area contributed by atoms with Crippen LogP contribution in [-0.4, -0.2) is 33.3 Å². The molecule has 1 aliphatic rings. The summed E-state index contributed by atoms with van der Waals surface area (Å²) in [7, 11) is 3.91. The molecule has 0 radical (unpaired) electrons. The Hall–Kier alpha value is -1.22. The van der Waals surface area contributed by atoms with Crippen molar-refractivity contribution in [2.75, 3.05) is 32.1 Å². The molecule has 106 valence electrons. The maximum Gasteiger partial charge on any atom is 0.145 e. The Labute approximate surface area is 116 Å². The first-order valence-corrected chi connectivity index (χ1v) is 7.14. The highest BCUT2D eigenvalue weighted by Gasteiger charge is 2.20. The van der Waals surface area contributed by atoms with E-state index in [0.717, 1.165) is 24.9 Å². The molecule has 1 fully saturated rings. The SMILES string of the molecule is COc1c(C)c(C)cc(C)c1N(C)CCNC1CC1. The molecular formula is C16H26N2O. The summed E-state index contributed by atoms with van der Waals surface area (Å²) in [5.74, 6) is 1.02. The zero-order chi connectivity index (χ0) is 14.0. The Morgan fingerprint density at radius 1 is 1.26 bits per heavy atom. The lowest BCUT2D eigenvalue weighted by Gasteiger charge is -2.26. The van der Waals surface area contributed by atoms with Gasteiger partial charge in [0.1, 0.15) is 5.75 Å². The van der Waals surface area contributed by atoms with Gasteiger partial charge in [-0.1, -0.05) is 6.07 Å². The van der Waals surface area contributed by atoms with E-state index in [4.69, 9.17) is 4.74 Å². The molecule has 2 rings (SSSR count). The number of nitrogens with zero attached hydrogens (tertiary/aromatic N) is 1. The summed E-state index contributed by atoms with van der Waals surface area (Å²) in [6.07, 6.45) is 2.69. The Morgan fingerprint density at radius 3 is 2.53 bits per heavy atom. The quantitative estimate of drug-likeness (QED) is 0.853. The molecule has 1 aromatic carbocycles. The molecule has 0 aliphatic heterocycles. The van der Waals surface area contributed by atoms with Crippen molar-refractivity contribution >= 4 is 5.69 Å². The van der Waals surface area contributed by atoms with Gasteiger partial charge in [-0.2, -0.15) is 0 Å². The van der Waals surface area contributed by atoms with E-state index < -0.39 is 0 Å². The Bertz CT molecular complexity index is 453. The lowest BCUT2D eigenvalue weighted by molar-refractivity contribution is 0.411. The fourth-order valence-electron chi connectivity index (χ4n) is 2.60. The van der Waals surface area contributed by atoms with E-state index in [1.54, 1.807) is 7.11 Å². The van der Waals surface area contributed by atoms with Crippen molar-refractivity contribution in [3.05, 3.63) is 22.8 Å². The number of benzene rings is 1. The third-order valence-corrected chi connectivity index (χ3v) is 4.00. The fraction of sp³-hybridized carbons (Fsp3) is 0.625. The number of nitrogens with one attached hydrogen (secondary N) is 1. The van der Waals surface area contributed by atoms with E-state index in [2.05, 4.69) is 44.1 Å². The van der Waals surface area contributed by atoms with Crippen LogP contribution in [0.4, 0.5) is 5.69 Å². The van der Waals surface area contributed by atoms with Crippen LogP contribution in [0, 0.1) is 20.8 Å². The number of likely N-dealkylation sites (N-methyl/N-ethyl adjacent to an activating group) is 1. The van der Waals surface area contributed by atoms with Crippen LogP contribution in [0.15, 0.2) is 6.07 Å². The topological polar surface area (TPSA) is 24.5 Å². The van der Waals surface area contributed by atoms with E-state index >= 15 is 0 Å². The molecule has 0 unspecified atom stereocenters. The third kappa shape index (κ3) is 3.21. The summed E-state index contributed by atoms with van der Waals surface area (Å²) in [6.45, 7) is 8.48.